The number of ketones is 1. The van der Waals surface area contributed by atoms with Crippen molar-refractivity contribution >= 4 is 23.6 Å². The fourth-order valence-electron chi connectivity index (χ4n) is 7.20. The van der Waals surface area contributed by atoms with E-state index in [0.29, 0.717) is 17.4 Å². The summed E-state index contributed by atoms with van der Waals surface area (Å²) in [5, 5.41) is 0. The lowest BCUT2D eigenvalue weighted by molar-refractivity contribution is -0.158. The second kappa shape index (κ2) is 9.70. The van der Waals surface area contributed by atoms with Gasteiger partial charge in [0.15, 0.2) is 12.4 Å². The molecule has 0 aromatic heterocycles. The Bertz CT molecular complexity index is 1480. The molecule has 6 nitrogen and oxygen atoms in total. The molecule has 0 unspecified atom stereocenters. The van der Waals surface area contributed by atoms with E-state index in [1.54, 1.807) is 12.1 Å². The molecule has 5 aliphatic rings. The third-order valence-corrected chi connectivity index (χ3v) is 9.21. The highest BCUT2D eigenvalue weighted by molar-refractivity contribution is 6.09. The molecule has 4 aliphatic carbocycles. The predicted octanol–water partition coefficient (Wildman–Crippen LogP) is 4.74. The van der Waals surface area contributed by atoms with E-state index in [0.717, 1.165) is 23.1 Å². The summed E-state index contributed by atoms with van der Waals surface area (Å²) in [5.41, 5.74) is 3.25. The summed E-state index contributed by atoms with van der Waals surface area (Å²) in [4.78, 5) is 55.1. The molecule has 40 heavy (non-hydrogen) atoms. The number of carbonyl (C=O) groups is 4. The van der Waals surface area contributed by atoms with Crippen LogP contribution in [0, 0.1) is 35.5 Å². The van der Waals surface area contributed by atoms with Crippen molar-refractivity contribution in [2.75, 3.05) is 6.61 Å². The summed E-state index contributed by atoms with van der Waals surface area (Å²) >= 11 is 0. The smallest absolute Gasteiger partial charge is 0.330 e. The van der Waals surface area contributed by atoms with Gasteiger partial charge in [-0.05, 0) is 46.8 Å². The largest absolute Gasteiger partial charge is 0.456 e. The van der Waals surface area contributed by atoms with E-state index in [1.807, 2.05) is 72.8 Å². The van der Waals surface area contributed by atoms with Gasteiger partial charge in [-0.3, -0.25) is 19.3 Å². The second-order valence-corrected chi connectivity index (χ2v) is 11.4. The zero-order valence-corrected chi connectivity index (χ0v) is 21.9. The van der Waals surface area contributed by atoms with E-state index in [-0.39, 0.29) is 35.9 Å². The van der Waals surface area contributed by atoms with Crippen LogP contribution >= 0.6 is 0 Å². The van der Waals surface area contributed by atoms with Gasteiger partial charge in [-0.25, -0.2) is 4.79 Å². The number of hydrogen-bond donors (Lipinski definition) is 0. The van der Waals surface area contributed by atoms with Crippen molar-refractivity contribution in [2.45, 2.75) is 18.9 Å². The maximum Gasteiger partial charge on any atom is 0.330 e. The van der Waals surface area contributed by atoms with Crippen LogP contribution in [-0.2, 0) is 25.5 Å². The normalized spacial score (nSPS) is 28.1. The topological polar surface area (TPSA) is 80.8 Å². The number of carbonyl (C=O) groups excluding carboxylic acids is 4. The first kappa shape index (κ1) is 24.7. The predicted molar refractivity (Wildman–Crippen MR) is 148 cm³/mol. The maximum absolute atomic E-state index is 13.7. The number of imide groups is 1. The Kier molecular flexibility index (Phi) is 5.99. The van der Waals surface area contributed by atoms with Crippen LogP contribution in [0.25, 0.3) is 11.1 Å². The first-order valence-corrected chi connectivity index (χ1v) is 14.0. The monoisotopic (exact) mass is 531 g/mol. The molecule has 3 aromatic carbocycles. The molecule has 0 N–H and O–H groups in total. The van der Waals surface area contributed by atoms with Gasteiger partial charge in [-0.15, -0.1) is 0 Å². The fourth-order valence-corrected chi connectivity index (χ4v) is 7.20. The number of esters is 1. The molecule has 2 bridgehead atoms. The highest BCUT2D eigenvalue weighted by atomic mass is 16.5. The average molecular weight is 532 g/mol. The van der Waals surface area contributed by atoms with Crippen molar-refractivity contribution in [2.24, 2.45) is 35.5 Å². The number of Topliss-reactive ketones (excluding diaryl/α,β-unsaturated/α-hetero) is 1. The number of hydrogen-bond acceptors (Lipinski definition) is 5. The lowest BCUT2D eigenvalue weighted by atomic mass is 9.63. The highest BCUT2D eigenvalue weighted by Gasteiger charge is 2.68. The van der Waals surface area contributed by atoms with Crippen molar-refractivity contribution in [3.63, 3.8) is 0 Å². The van der Waals surface area contributed by atoms with Crippen LogP contribution in [0.5, 0.6) is 0 Å². The summed E-state index contributed by atoms with van der Waals surface area (Å²) < 4.78 is 5.52. The van der Waals surface area contributed by atoms with Crippen molar-refractivity contribution in [1.82, 2.24) is 4.90 Å². The van der Waals surface area contributed by atoms with E-state index in [4.69, 9.17) is 4.74 Å². The molecule has 8 rings (SSSR count). The minimum absolute atomic E-state index is 0.0651. The van der Waals surface area contributed by atoms with Crippen LogP contribution in [-0.4, -0.2) is 41.1 Å². The lowest BCUT2D eigenvalue weighted by Crippen LogP contribution is -2.48. The van der Waals surface area contributed by atoms with Gasteiger partial charge in [0.05, 0.1) is 11.8 Å². The third kappa shape index (κ3) is 4.10. The maximum atomic E-state index is 13.7. The summed E-state index contributed by atoms with van der Waals surface area (Å²) in [5.74, 6) is -1.36. The van der Waals surface area contributed by atoms with Crippen molar-refractivity contribution in [3.8, 4) is 11.1 Å². The summed E-state index contributed by atoms with van der Waals surface area (Å²) in [6, 6.07) is 25.2. The average Bonchev–Trinajstić information content (AvgIpc) is 3.78. The number of likely N-dealkylation sites (tertiary alicyclic amines) is 1. The number of rotatable bonds is 8. The molecule has 3 aromatic rings. The number of benzene rings is 3. The Morgan fingerprint density at radius 1 is 0.750 bits per heavy atom. The fraction of sp³-hybridized carbons (Fsp3) is 0.294. The number of allylic oxidation sites excluding steroid dienone is 2. The molecule has 0 spiro atoms. The van der Waals surface area contributed by atoms with Gasteiger partial charge in [-0.1, -0.05) is 97.1 Å². The Hall–Kier alpha value is -4.32. The standard InChI is InChI=1S/C34H29NO5/c36-29(23-13-11-22(12-14-23)21-9-5-2-6-10-21)19-40-34(39)28(17-20-7-3-1-4-8-20)35-32(37)30-24-15-16-25(27-18-26(24)27)31(30)33(35)38/h1-16,24-28,30-31H,17-19H2/t24-,25-,26-,27+,28-,30+,31+/m0/s1. The minimum Gasteiger partial charge on any atom is -0.456 e. The molecular weight excluding hydrogens is 502 g/mol. The van der Waals surface area contributed by atoms with E-state index < -0.39 is 30.5 Å². The van der Waals surface area contributed by atoms with E-state index in [2.05, 4.69) is 12.2 Å². The Morgan fingerprint density at radius 2 is 1.30 bits per heavy atom. The molecule has 1 saturated heterocycles. The van der Waals surface area contributed by atoms with Crippen LogP contribution in [0.15, 0.2) is 97.1 Å². The van der Waals surface area contributed by atoms with E-state index in [1.165, 1.54) is 4.90 Å². The summed E-state index contributed by atoms with van der Waals surface area (Å²) in [7, 11) is 0. The van der Waals surface area contributed by atoms with Gasteiger partial charge in [-0.2, -0.15) is 0 Å². The van der Waals surface area contributed by atoms with E-state index >= 15 is 0 Å². The Labute approximate surface area is 232 Å². The van der Waals surface area contributed by atoms with Crippen LogP contribution in [0.2, 0.25) is 0 Å². The molecule has 3 fully saturated rings. The number of ether oxygens (including phenoxy) is 1. The zero-order chi connectivity index (χ0) is 27.4. The highest BCUT2D eigenvalue weighted by Crippen LogP contribution is 2.65. The third-order valence-electron chi connectivity index (χ3n) is 9.21. The summed E-state index contributed by atoms with van der Waals surface area (Å²) in [6.07, 6.45) is 5.44. The Balaban J connectivity index is 1.09. The van der Waals surface area contributed by atoms with Gasteiger partial charge < -0.3 is 4.74 Å². The molecule has 1 aliphatic heterocycles. The van der Waals surface area contributed by atoms with Crippen LogP contribution < -0.4 is 0 Å². The molecule has 2 amide bonds. The quantitative estimate of drug-likeness (QED) is 0.182. The number of nitrogens with zero attached hydrogens (tertiary/aromatic N) is 1. The Morgan fingerprint density at radius 3 is 1.90 bits per heavy atom. The lowest BCUT2D eigenvalue weighted by Gasteiger charge is -2.37. The van der Waals surface area contributed by atoms with Crippen LogP contribution in [0.1, 0.15) is 22.3 Å². The SMILES string of the molecule is O=C(COC(=O)[C@H](Cc1ccccc1)N1C(=O)[C@@H]2[C@H]3C=C[C@@H]([C@@H]4C[C@H]34)[C@H]2C1=O)c1ccc(-c2ccccc2)cc1. The first-order chi connectivity index (χ1) is 19.5. The first-order valence-electron chi connectivity index (χ1n) is 14.0. The van der Waals surface area contributed by atoms with Crippen molar-refractivity contribution < 1.29 is 23.9 Å². The van der Waals surface area contributed by atoms with Gasteiger partial charge >= 0.3 is 5.97 Å². The number of amides is 2. The van der Waals surface area contributed by atoms with E-state index in [9.17, 15) is 19.2 Å². The van der Waals surface area contributed by atoms with Crippen LogP contribution in [0.3, 0.4) is 0 Å². The molecule has 0 radical (unpaired) electrons. The van der Waals surface area contributed by atoms with Gasteiger partial charge in [0, 0.05) is 12.0 Å². The van der Waals surface area contributed by atoms with Crippen LogP contribution in [0.4, 0.5) is 0 Å². The summed E-state index contributed by atoms with van der Waals surface area (Å²) in [6.45, 7) is -0.463. The zero-order valence-electron chi connectivity index (χ0n) is 21.9. The molecule has 2 saturated carbocycles. The van der Waals surface area contributed by atoms with Crippen molar-refractivity contribution in [1.29, 1.82) is 0 Å². The van der Waals surface area contributed by atoms with Gasteiger partial charge in [0.1, 0.15) is 6.04 Å². The molecule has 200 valence electrons. The molecule has 6 heteroatoms. The van der Waals surface area contributed by atoms with Crippen molar-refractivity contribution in [3.05, 3.63) is 108 Å². The second-order valence-electron chi connectivity index (χ2n) is 11.4. The van der Waals surface area contributed by atoms with Gasteiger partial charge in [0.25, 0.3) is 0 Å². The minimum atomic E-state index is -1.11. The molecule has 1 heterocycles. The molecule has 7 atom stereocenters. The van der Waals surface area contributed by atoms with Gasteiger partial charge in [0.2, 0.25) is 11.8 Å². The molecular formula is C34H29NO5.